The molecule has 0 saturated carbocycles. The summed E-state index contributed by atoms with van der Waals surface area (Å²) in [6.07, 6.45) is 0. The Balaban J connectivity index is 1.69. The zero-order valence-corrected chi connectivity index (χ0v) is 19.9. The summed E-state index contributed by atoms with van der Waals surface area (Å²) in [5.74, 6) is -2.19. The molecule has 3 aromatic carbocycles. The Morgan fingerprint density at radius 3 is 1.00 bits per heavy atom. The van der Waals surface area contributed by atoms with Gasteiger partial charge in [-0.3, -0.25) is 44.7 Å². The molecule has 1 aliphatic heterocycles. The van der Waals surface area contributed by atoms with Crippen molar-refractivity contribution in [2.45, 2.75) is 0 Å². The minimum Gasteiger partial charge on any atom is -0.303 e. The molecule has 15 nitrogen and oxygen atoms in total. The number of rotatable bonds is 6. The van der Waals surface area contributed by atoms with Gasteiger partial charge in [0.1, 0.15) is 0 Å². The molecule has 1 aliphatic rings. The van der Waals surface area contributed by atoms with Crippen LogP contribution in [-0.4, -0.2) is 67.2 Å². The lowest BCUT2D eigenvalue weighted by Gasteiger charge is -2.42. The Bertz CT molecular complexity index is 1340. The first-order valence-electron chi connectivity index (χ1n) is 11.2. The van der Waals surface area contributed by atoms with Crippen LogP contribution in [0.1, 0.15) is 31.1 Å². The van der Waals surface area contributed by atoms with Crippen molar-refractivity contribution in [3.05, 3.63) is 120 Å². The zero-order valence-electron chi connectivity index (χ0n) is 19.9. The number of amides is 3. The molecule has 198 valence electrons. The molecule has 39 heavy (non-hydrogen) atoms. The van der Waals surface area contributed by atoms with Crippen LogP contribution >= 0.6 is 0 Å². The summed E-state index contributed by atoms with van der Waals surface area (Å²) >= 11 is 0. The highest BCUT2D eigenvalue weighted by Gasteiger charge is 2.34. The van der Waals surface area contributed by atoms with Crippen molar-refractivity contribution in [1.82, 2.24) is 14.7 Å². The van der Waals surface area contributed by atoms with E-state index in [9.17, 15) is 44.7 Å². The average Bonchev–Trinajstić information content (AvgIpc) is 2.95. The highest BCUT2D eigenvalue weighted by Crippen LogP contribution is 2.22. The van der Waals surface area contributed by atoms with Gasteiger partial charge in [0, 0.05) is 53.1 Å². The highest BCUT2D eigenvalue weighted by atomic mass is 16.6. The lowest BCUT2D eigenvalue weighted by atomic mass is 10.1. The van der Waals surface area contributed by atoms with Crippen molar-refractivity contribution in [1.29, 1.82) is 0 Å². The summed E-state index contributed by atoms with van der Waals surface area (Å²) in [5.41, 5.74) is -1.24. The number of non-ortho nitro benzene ring substituents is 3. The SMILES string of the molecule is O=C(c1cccc([N+](=O)[O-])c1)N1CN(C(=O)c2cccc([N+](=O)[O-])c2)CN(C(=O)c2cccc([N+](=O)[O-])c2)C1. The average molecular weight is 534 g/mol. The molecule has 15 heteroatoms. The molecule has 3 aromatic rings. The van der Waals surface area contributed by atoms with Crippen LogP contribution in [0, 0.1) is 30.3 Å². The van der Waals surface area contributed by atoms with Crippen molar-refractivity contribution >= 4 is 34.8 Å². The first-order valence-corrected chi connectivity index (χ1v) is 11.2. The van der Waals surface area contributed by atoms with Gasteiger partial charge in [-0.2, -0.15) is 0 Å². The van der Waals surface area contributed by atoms with Crippen molar-refractivity contribution in [2.24, 2.45) is 0 Å². The smallest absolute Gasteiger partial charge is 0.270 e. The third-order valence-electron chi connectivity index (χ3n) is 5.80. The molecule has 0 aromatic heterocycles. The third-order valence-corrected chi connectivity index (χ3v) is 5.80. The van der Waals surface area contributed by atoms with Crippen LogP contribution in [-0.2, 0) is 0 Å². The Morgan fingerprint density at radius 1 is 0.513 bits per heavy atom. The second-order valence-corrected chi connectivity index (χ2v) is 8.38. The summed E-state index contributed by atoms with van der Waals surface area (Å²) in [7, 11) is 0. The van der Waals surface area contributed by atoms with E-state index < -0.39 is 32.5 Å². The Morgan fingerprint density at radius 2 is 0.769 bits per heavy atom. The maximum atomic E-state index is 13.3. The monoisotopic (exact) mass is 534 g/mol. The molecule has 0 aliphatic carbocycles. The lowest BCUT2D eigenvalue weighted by Crippen LogP contribution is -2.59. The fourth-order valence-electron chi connectivity index (χ4n) is 3.94. The molecular formula is C24H18N6O9. The number of nitro groups is 3. The van der Waals surface area contributed by atoms with E-state index in [1.165, 1.54) is 54.6 Å². The molecule has 0 radical (unpaired) electrons. The number of hydrogen-bond acceptors (Lipinski definition) is 9. The number of hydrogen-bond donors (Lipinski definition) is 0. The van der Waals surface area contributed by atoms with Crippen LogP contribution in [0.15, 0.2) is 72.8 Å². The number of benzene rings is 3. The number of carbonyl (C=O) groups excluding carboxylic acids is 3. The van der Waals surface area contributed by atoms with E-state index in [0.29, 0.717) is 0 Å². The Kier molecular flexibility index (Phi) is 7.23. The van der Waals surface area contributed by atoms with Gasteiger partial charge in [-0.15, -0.1) is 0 Å². The minimum absolute atomic E-state index is 0.0726. The molecule has 3 amide bonds. The zero-order chi connectivity index (χ0) is 28.3. The van der Waals surface area contributed by atoms with Crippen LogP contribution in [0.3, 0.4) is 0 Å². The van der Waals surface area contributed by atoms with Gasteiger partial charge in [-0.25, -0.2) is 0 Å². The first-order chi connectivity index (χ1) is 18.5. The van der Waals surface area contributed by atoms with E-state index in [2.05, 4.69) is 0 Å². The molecule has 0 N–H and O–H groups in total. The second-order valence-electron chi connectivity index (χ2n) is 8.38. The second kappa shape index (κ2) is 10.7. The maximum Gasteiger partial charge on any atom is 0.270 e. The van der Waals surface area contributed by atoms with Crippen molar-refractivity contribution in [3.8, 4) is 0 Å². The van der Waals surface area contributed by atoms with Crippen LogP contribution in [0.2, 0.25) is 0 Å². The van der Waals surface area contributed by atoms with E-state index in [0.717, 1.165) is 32.9 Å². The Hall–Kier alpha value is -5.73. The standard InChI is InChI=1S/C24H18N6O9/c31-22(16-4-1-7-19(10-16)28(34)35)25-13-26(23(32)17-5-2-8-20(11-17)29(36)37)15-27(14-25)24(33)18-6-3-9-21(12-18)30(38)39/h1-12H,13-15H2. The molecule has 4 rings (SSSR count). The predicted molar refractivity (Wildman–Crippen MR) is 132 cm³/mol. The van der Waals surface area contributed by atoms with E-state index in [1.54, 1.807) is 0 Å². The van der Waals surface area contributed by atoms with E-state index >= 15 is 0 Å². The van der Waals surface area contributed by atoms with Crippen LogP contribution in [0.4, 0.5) is 17.1 Å². The largest absolute Gasteiger partial charge is 0.303 e. The van der Waals surface area contributed by atoms with Gasteiger partial charge in [0.15, 0.2) is 0 Å². The maximum absolute atomic E-state index is 13.3. The van der Waals surface area contributed by atoms with E-state index in [4.69, 9.17) is 0 Å². The van der Waals surface area contributed by atoms with Crippen molar-refractivity contribution < 1.29 is 29.2 Å². The number of nitro benzene ring substituents is 3. The molecule has 1 fully saturated rings. The van der Waals surface area contributed by atoms with Crippen LogP contribution in [0.25, 0.3) is 0 Å². The predicted octanol–water partition coefficient (Wildman–Crippen LogP) is 3.02. The Labute approximate surface area is 218 Å². The summed E-state index contributed by atoms with van der Waals surface area (Å²) < 4.78 is 0. The first kappa shape index (κ1) is 26.3. The number of carbonyl (C=O) groups is 3. The summed E-state index contributed by atoms with van der Waals surface area (Å²) in [6.45, 7) is -1.04. The molecular weight excluding hydrogens is 516 g/mol. The van der Waals surface area contributed by atoms with Crippen molar-refractivity contribution in [3.63, 3.8) is 0 Å². The molecule has 1 saturated heterocycles. The van der Waals surface area contributed by atoms with Gasteiger partial charge in [0.25, 0.3) is 34.8 Å². The van der Waals surface area contributed by atoms with Gasteiger partial charge < -0.3 is 14.7 Å². The lowest BCUT2D eigenvalue weighted by molar-refractivity contribution is -0.385. The van der Waals surface area contributed by atoms with Crippen LogP contribution < -0.4 is 0 Å². The topological polar surface area (TPSA) is 190 Å². The summed E-state index contributed by atoms with van der Waals surface area (Å²) in [5, 5.41) is 33.5. The molecule has 0 spiro atoms. The van der Waals surface area contributed by atoms with Crippen molar-refractivity contribution in [2.75, 3.05) is 20.0 Å². The fourth-order valence-corrected chi connectivity index (χ4v) is 3.94. The minimum atomic E-state index is -0.730. The summed E-state index contributed by atoms with van der Waals surface area (Å²) in [6, 6.07) is 14.7. The van der Waals surface area contributed by atoms with E-state index in [1.807, 2.05) is 0 Å². The fraction of sp³-hybridized carbons (Fsp3) is 0.125. The molecule has 0 atom stereocenters. The summed E-state index contributed by atoms with van der Waals surface area (Å²) in [4.78, 5) is 74.7. The van der Waals surface area contributed by atoms with Gasteiger partial charge >= 0.3 is 0 Å². The highest BCUT2D eigenvalue weighted by molar-refractivity contribution is 5.99. The van der Waals surface area contributed by atoms with Gasteiger partial charge in [0.2, 0.25) is 0 Å². The van der Waals surface area contributed by atoms with Gasteiger partial charge in [0.05, 0.1) is 34.8 Å². The quantitative estimate of drug-likeness (QED) is 0.338. The molecule has 1 heterocycles. The third kappa shape index (κ3) is 5.66. The van der Waals surface area contributed by atoms with E-state index in [-0.39, 0.29) is 53.8 Å². The van der Waals surface area contributed by atoms with Gasteiger partial charge in [-0.05, 0) is 18.2 Å². The normalized spacial score (nSPS) is 13.1. The molecule has 0 bridgehead atoms. The van der Waals surface area contributed by atoms with Crippen LogP contribution in [0.5, 0.6) is 0 Å². The molecule has 0 unspecified atom stereocenters. The van der Waals surface area contributed by atoms with Gasteiger partial charge in [-0.1, -0.05) is 18.2 Å². The number of nitrogens with zero attached hydrogens (tertiary/aromatic N) is 6.